The summed E-state index contributed by atoms with van der Waals surface area (Å²) in [4.78, 5) is 25.3. The minimum absolute atomic E-state index is 0.0455. The molecule has 1 aliphatic rings. The van der Waals surface area contributed by atoms with Gasteiger partial charge >= 0.3 is 5.69 Å². The number of hydrogen-bond donors (Lipinski definition) is 1. The molecule has 0 spiro atoms. The van der Waals surface area contributed by atoms with Gasteiger partial charge in [0.1, 0.15) is 0 Å². The van der Waals surface area contributed by atoms with Crippen LogP contribution in [0.3, 0.4) is 0 Å². The summed E-state index contributed by atoms with van der Waals surface area (Å²) in [6.45, 7) is 11.2. The van der Waals surface area contributed by atoms with Crippen LogP contribution in [0.15, 0.2) is 21.9 Å². The van der Waals surface area contributed by atoms with Crippen LogP contribution in [0.5, 0.6) is 0 Å². The molecule has 1 N–H and O–H groups in total. The van der Waals surface area contributed by atoms with Gasteiger partial charge in [-0.25, -0.2) is 4.79 Å². The average Bonchev–Trinajstić information content (AvgIpc) is 2.74. The molecule has 2 rings (SSSR count). The number of hydrogen-bond acceptors (Lipinski definition) is 4. The summed E-state index contributed by atoms with van der Waals surface area (Å²) >= 11 is 1.68. The van der Waals surface area contributed by atoms with Crippen molar-refractivity contribution in [3.8, 4) is 0 Å². The molecule has 1 unspecified atom stereocenters. The van der Waals surface area contributed by atoms with Crippen LogP contribution < -0.4 is 11.2 Å². The zero-order chi connectivity index (χ0) is 15.8. The molecule has 5 nitrogen and oxygen atoms in total. The Morgan fingerprint density at radius 3 is 2.57 bits per heavy atom. The standard InChI is InChI=1S/C14H24N2O3SSi/c1-14(2,3)21(4,5)19-12-7-6-11(20-12)16-9-8-10(17)15-13(16)18/h8-9,11-12H,6-7H2,1-5H3,(H,15,17,18)/t11-,12?/m1/s1. The van der Waals surface area contributed by atoms with Crippen molar-refractivity contribution in [2.75, 3.05) is 0 Å². The highest BCUT2D eigenvalue weighted by Crippen LogP contribution is 2.45. The predicted molar refractivity (Wildman–Crippen MR) is 89.3 cm³/mol. The van der Waals surface area contributed by atoms with Gasteiger partial charge in [-0.3, -0.25) is 14.3 Å². The summed E-state index contributed by atoms with van der Waals surface area (Å²) < 4.78 is 7.99. The lowest BCUT2D eigenvalue weighted by molar-refractivity contribution is 0.256. The van der Waals surface area contributed by atoms with E-state index in [-0.39, 0.29) is 27.1 Å². The fourth-order valence-corrected chi connectivity index (χ4v) is 5.31. The van der Waals surface area contributed by atoms with E-state index in [2.05, 4.69) is 38.8 Å². The van der Waals surface area contributed by atoms with Crippen LogP contribution in [0.1, 0.15) is 39.0 Å². The van der Waals surface area contributed by atoms with Crippen molar-refractivity contribution < 1.29 is 4.43 Å². The third-order valence-electron chi connectivity index (χ3n) is 4.35. The van der Waals surface area contributed by atoms with Crippen LogP contribution in [-0.2, 0) is 4.43 Å². The number of aromatic nitrogens is 2. The smallest absolute Gasteiger partial charge is 0.329 e. The first-order valence-electron chi connectivity index (χ1n) is 7.25. The summed E-state index contributed by atoms with van der Waals surface area (Å²) in [5.74, 6) is 0. The molecule has 21 heavy (non-hydrogen) atoms. The monoisotopic (exact) mass is 328 g/mol. The van der Waals surface area contributed by atoms with E-state index in [0.717, 1.165) is 12.8 Å². The van der Waals surface area contributed by atoms with Gasteiger partial charge in [0, 0.05) is 12.3 Å². The van der Waals surface area contributed by atoms with E-state index < -0.39 is 8.32 Å². The maximum Gasteiger partial charge on any atom is 0.329 e. The third-order valence-corrected chi connectivity index (χ3v) is 10.4. The van der Waals surface area contributed by atoms with Gasteiger partial charge in [-0.1, -0.05) is 20.8 Å². The number of H-pyrrole nitrogens is 1. The molecule has 0 saturated carbocycles. The lowest BCUT2D eigenvalue weighted by Gasteiger charge is -2.38. The minimum Gasteiger partial charge on any atom is -0.405 e. The van der Waals surface area contributed by atoms with Gasteiger partial charge in [-0.15, -0.1) is 11.8 Å². The summed E-state index contributed by atoms with van der Waals surface area (Å²) in [6, 6.07) is 1.39. The second kappa shape index (κ2) is 5.77. The van der Waals surface area contributed by atoms with Crippen LogP contribution in [-0.4, -0.2) is 23.3 Å². The first-order chi connectivity index (χ1) is 9.60. The quantitative estimate of drug-likeness (QED) is 0.867. The molecule has 0 bridgehead atoms. The lowest BCUT2D eigenvalue weighted by atomic mass is 10.2. The fourth-order valence-electron chi connectivity index (χ4n) is 2.04. The largest absolute Gasteiger partial charge is 0.405 e. The summed E-state index contributed by atoms with van der Waals surface area (Å²) in [7, 11) is -1.79. The Morgan fingerprint density at radius 1 is 1.33 bits per heavy atom. The fraction of sp³-hybridized carbons (Fsp3) is 0.714. The first kappa shape index (κ1) is 16.6. The highest BCUT2D eigenvalue weighted by molar-refractivity contribution is 8.00. The zero-order valence-electron chi connectivity index (χ0n) is 13.3. The van der Waals surface area contributed by atoms with Crippen molar-refractivity contribution in [1.82, 2.24) is 9.55 Å². The average molecular weight is 329 g/mol. The Labute approximate surface area is 130 Å². The van der Waals surface area contributed by atoms with Crippen LogP contribution >= 0.6 is 11.8 Å². The summed E-state index contributed by atoms with van der Waals surface area (Å²) in [5, 5.41) is 0.226. The molecule has 2 heterocycles. The van der Waals surface area contributed by atoms with Crippen molar-refractivity contribution in [1.29, 1.82) is 0 Å². The maximum absolute atomic E-state index is 11.8. The SMILES string of the molecule is CC(C)(C)[Si](C)(C)OC1CC[C@H](n2ccc(=O)[nH]c2=O)S1. The second-order valence-electron chi connectivity index (χ2n) is 6.99. The van der Waals surface area contributed by atoms with E-state index in [4.69, 9.17) is 4.43 Å². The Morgan fingerprint density at radius 2 is 2.00 bits per heavy atom. The Kier molecular flexibility index (Phi) is 4.56. The van der Waals surface area contributed by atoms with E-state index in [0.29, 0.717) is 0 Å². The molecule has 0 aromatic carbocycles. The molecule has 2 atom stereocenters. The number of aromatic amines is 1. The Balaban J connectivity index is 2.08. The van der Waals surface area contributed by atoms with Crippen molar-refractivity contribution >= 4 is 20.1 Å². The number of nitrogens with one attached hydrogen (secondary N) is 1. The molecule has 0 amide bonds. The van der Waals surface area contributed by atoms with E-state index in [9.17, 15) is 9.59 Å². The van der Waals surface area contributed by atoms with E-state index >= 15 is 0 Å². The summed E-state index contributed by atoms with van der Waals surface area (Å²) in [6.07, 6.45) is 3.40. The van der Waals surface area contributed by atoms with Gasteiger partial charge in [0.05, 0.1) is 10.8 Å². The third kappa shape index (κ3) is 3.70. The van der Waals surface area contributed by atoms with Crippen LogP contribution in [0.4, 0.5) is 0 Å². The molecule has 0 radical (unpaired) electrons. The van der Waals surface area contributed by atoms with Crippen LogP contribution in [0.2, 0.25) is 18.1 Å². The van der Waals surface area contributed by atoms with Gasteiger partial charge in [-0.2, -0.15) is 0 Å². The van der Waals surface area contributed by atoms with Gasteiger partial charge < -0.3 is 4.43 Å². The first-order valence-corrected chi connectivity index (χ1v) is 11.1. The molecule has 1 aromatic rings. The molecule has 1 fully saturated rings. The van der Waals surface area contributed by atoms with E-state index in [1.165, 1.54) is 6.07 Å². The van der Waals surface area contributed by atoms with Gasteiger partial charge in [0.2, 0.25) is 0 Å². The molecule has 1 aliphatic heterocycles. The topological polar surface area (TPSA) is 64.1 Å². The van der Waals surface area contributed by atoms with Crippen molar-refractivity contribution in [3.05, 3.63) is 33.1 Å². The maximum atomic E-state index is 11.8. The van der Waals surface area contributed by atoms with E-state index in [1.54, 1.807) is 22.5 Å². The molecular formula is C14H24N2O3SSi. The van der Waals surface area contributed by atoms with Crippen molar-refractivity contribution in [3.63, 3.8) is 0 Å². The molecular weight excluding hydrogens is 304 g/mol. The normalized spacial score (nSPS) is 23.5. The van der Waals surface area contributed by atoms with Crippen molar-refractivity contribution in [2.24, 2.45) is 0 Å². The van der Waals surface area contributed by atoms with E-state index in [1.807, 2.05) is 0 Å². The molecule has 118 valence electrons. The molecule has 1 saturated heterocycles. The number of rotatable bonds is 3. The number of thioether (sulfide) groups is 1. The lowest BCUT2D eigenvalue weighted by Crippen LogP contribution is -2.42. The molecule has 7 heteroatoms. The highest BCUT2D eigenvalue weighted by Gasteiger charge is 2.41. The van der Waals surface area contributed by atoms with Crippen LogP contribution in [0, 0.1) is 0 Å². The Bertz CT molecular complexity index is 618. The van der Waals surface area contributed by atoms with Crippen molar-refractivity contribution in [2.45, 2.75) is 62.6 Å². The Hall–Kier alpha value is -0.793. The van der Waals surface area contributed by atoms with Crippen LogP contribution in [0.25, 0.3) is 0 Å². The number of nitrogens with zero attached hydrogens (tertiary/aromatic N) is 1. The van der Waals surface area contributed by atoms with Gasteiger partial charge in [0.15, 0.2) is 8.32 Å². The zero-order valence-corrected chi connectivity index (χ0v) is 15.1. The summed E-state index contributed by atoms with van der Waals surface area (Å²) in [5.41, 5.74) is -0.559. The predicted octanol–water partition coefficient (Wildman–Crippen LogP) is 2.91. The minimum atomic E-state index is -1.79. The second-order valence-corrected chi connectivity index (χ2v) is 13.1. The van der Waals surface area contributed by atoms with Gasteiger partial charge in [0.25, 0.3) is 5.56 Å². The molecule has 1 aromatic heterocycles. The van der Waals surface area contributed by atoms with Gasteiger partial charge in [-0.05, 0) is 31.0 Å². The molecule has 0 aliphatic carbocycles. The highest BCUT2D eigenvalue weighted by atomic mass is 32.2.